The molecule has 0 saturated heterocycles. The van der Waals surface area contributed by atoms with Gasteiger partial charge in [-0.3, -0.25) is 0 Å². The summed E-state index contributed by atoms with van der Waals surface area (Å²) >= 11 is 1.34. The lowest BCUT2D eigenvalue weighted by Crippen LogP contribution is -2.04. The van der Waals surface area contributed by atoms with E-state index in [4.69, 9.17) is 0 Å². The summed E-state index contributed by atoms with van der Waals surface area (Å²) in [5.41, 5.74) is 0.412. The predicted molar refractivity (Wildman–Crippen MR) is 64.5 cm³/mol. The van der Waals surface area contributed by atoms with E-state index in [-0.39, 0.29) is 0 Å². The van der Waals surface area contributed by atoms with Crippen LogP contribution in [0.1, 0.15) is 11.1 Å². The van der Waals surface area contributed by atoms with Gasteiger partial charge in [-0.1, -0.05) is 29.5 Å². The van der Waals surface area contributed by atoms with Crippen molar-refractivity contribution < 1.29 is 13.2 Å². The monoisotopic (exact) mass is 269 g/mol. The zero-order valence-corrected chi connectivity index (χ0v) is 10.3. The van der Waals surface area contributed by atoms with Gasteiger partial charge in [0.1, 0.15) is 5.03 Å². The molecule has 5 heteroatoms. The molecule has 0 spiro atoms. The van der Waals surface area contributed by atoms with Crippen LogP contribution in [0.3, 0.4) is 0 Å². The van der Waals surface area contributed by atoms with E-state index in [9.17, 15) is 13.2 Å². The second-order valence-corrected chi connectivity index (χ2v) is 4.89. The zero-order chi connectivity index (χ0) is 13.2. The van der Waals surface area contributed by atoms with Crippen molar-refractivity contribution in [2.45, 2.75) is 23.0 Å². The van der Waals surface area contributed by atoms with Crippen molar-refractivity contribution in [2.24, 2.45) is 0 Å². The minimum Gasteiger partial charge on any atom is -0.249 e. The number of hydrogen-bond acceptors (Lipinski definition) is 2. The van der Waals surface area contributed by atoms with Crippen molar-refractivity contribution >= 4 is 11.8 Å². The lowest BCUT2D eigenvalue weighted by Gasteiger charge is -2.06. The number of halogens is 3. The molecular weight excluding hydrogens is 259 g/mol. The minimum absolute atomic E-state index is 0.548. The lowest BCUT2D eigenvalue weighted by atomic mass is 10.2. The van der Waals surface area contributed by atoms with Crippen molar-refractivity contribution in [2.75, 3.05) is 0 Å². The van der Waals surface area contributed by atoms with Crippen molar-refractivity contribution in [3.63, 3.8) is 0 Å². The molecule has 18 heavy (non-hydrogen) atoms. The first kappa shape index (κ1) is 13.0. The van der Waals surface area contributed by atoms with Crippen LogP contribution in [0.4, 0.5) is 13.2 Å². The van der Waals surface area contributed by atoms with Crippen molar-refractivity contribution in [1.82, 2.24) is 4.98 Å². The Morgan fingerprint density at radius 2 is 1.67 bits per heavy atom. The SMILES string of the molecule is Cc1ccc(Sc2ccc(C(F)(F)F)cn2)cc1. The number of benzene rings is 1. The number of aromatic nitrogens is 1. The average Bonchev–Trinajstić information content (AvgIpc) is 2.32. The molecule has 0 radical (unpaired) electrons. The van der Waals surface area contributed by atoms with E-state index >= 15 is 0 Å². The van der Waals surface area contributed by atoms with Crippen LogP contribution in [-0.2, 0) is 6.18 Å². The molecule has 1 heterocycles. The molecule has 0 atom stereocenters. The summed E-state index contributed by atoms with van der Waals surface area (Å²) in [6, 6.07) is 10.2. The third-order valence-corrected chi connectivity index (χ3v) is 3.27. The maximum absolute atomic E-state index is 12.3. The highest BCUT2D eigenvalue weighted by Gasteiger charge is 2.30. The van der Waals surface area contributed by atoms with Crippen LogP contribution in [0.2, 0.25) is 0 Å². The van der Waals surface area contributed by atoms with Gasteiger partial charge in [-0.25, -0.2) is 4.98 Å². The Balaban J connectivity index is 2.13. The molecule has 0 aliphatic carbocycles. The fourth-order valence-electron chi connectivity index (χ4n) is 1.34. The second-order valence-electron chi connectivity index (χ2n) is 3.80. The van der Waals surface area contributed by atoms with E-state index in [0.717, 1.165) is 22.7 Å². The maximum atomic E-state index is 12.3. The van der Waals surface area contributed by atoms with E-state index in [1.807, 2.05) is 31.2 Å². The quantitative estimate of drug-likeness (QED) is 0.792. The molecule has 0 fully saturated rings. The van der Waals surface area contributed by atoms with Crippen LogP contribution in [0.25, 0.3) is 0 Å². The first-order valence-electron chi connectivity index (χ1n) is 5.23. The highest BCUT2D eigenvalue weighted by molar-refractivity contribution is 7.99. The fourth-order valence-corrected chi connectivity index (χ4v) is 2.09. The molecule has 0 bridgehead atoms. The molecule has 0 aliphatic rings. The second kappa shape index (κ2) is 5.02. The third-order valence-electron chi connectivity index (χ3n) is 2.31. The summed E-state index contributed by atoms with van der Waals surface area (Å²) in [6.45, 7) is 1.98. The van der Waals surface area contributed by atoms with Gasteiger partial charge in [-0.2, -0.15) is 13.2 Å². The molecule has 2 aromatic rings. The number of nitrogens with zero attached hydrogens (tertiary/aromatic N) is 1. The molecule has 0 aliphatic heterocycles. The van der Waals surface area contributed by atoms with E-state index in [2.05, 4.69) is 4.98 Å². The highest BCUT2D eigenvalue weighted by atomic mass is 32.2. The fraction of sp³-hybridized carbons (Fsp3) is 0.154. The summed E-state index contributed by atoms with van der Waals surface area (Å²) in [5, 5.41) is 0.548. The van der Waals surface area contributed by atoms with Gasteiger partial charge in [0, 0.05) is 11.1 Å². The molecule has 0 saturated carbocycles. The predicted octanol–water partition coefficient (Wildman–Crippen LogP) is 4.56. The van der Waals surface area contributed by atoms with Gasteiger partial charge in [0.05, 0.1) is 5.56 Å². The number of aryl methyl sites for hydroxylation is 1. The standard InChI is InChI=1S/C13H10F3NS/c1-9-2-5-11(6-3-9)18-12-7-4-10(8-17-12)13(14,15)16/h2-8H,1H3. The van der Waals surface area contributed by atoms with Crippen LogP contribution >= 0.6 is 11.8 Å². The van der Waals surface area contributed by atoms with E-state index in [1.165, 1.54) is 17.8 Å². The first-order chi connectivity index (χ1) is 8.45. The highest BCUT2D eigenvalue weighted by Crippen LogP contribution is 2.31. The van der Waals surface area contributed by atoms with Crippen LogP contribution in [0, 0.1) is 6.92 Å². The molecule has 0 amide bonds. The number of hydrogen-bond donors (Lipinski definition) is 0. The third kappa shape index (κ3) is 3.26. The largest absolute Gasteiger partial charge is 0.417 e. The first-order valence-corrected chi connectivity index (χ1v) is 6.04. The molecule has 0 N–H and O–H groups in total. The van der Waals surface area contributed by atoms with Gasteiger partial charge in [0.25, 0.3) is 0 Å². The maximum Gasteiger partial charge on any atom is 0.417 e. The topological polar surface area (TPSA) is 12.9 Å². The van der Waals surface area contributed by atoms with E-state index in [1.54, 1.807) is 0 Å². The Bertz CT molecular complexity index is 517. The van der Waals surface area contributed by atoms with Gasteiger partial charge in [-0.05, 0) is 31.2 Å². The van der Waals surface area contributed by atoms with Crippen molar-refractivity contribution in [3.8, 4) is 0 Å². The van der Waals surface area contributed by atoms with Gasteiger partial charge in [0.15, 0.2) is 0 Å². The van der Waals surface area contributed by atoms with Crippen LogP contribution in [0.15, 0.2) is 52.5 Å². The Kier molecular flexibility index (Phi) is 3.61. The van der Waals surface area contributed by atoms with E-state index in [0.29, 0.717) is 5.03 Å². The van der Waals surface area contributed by atoms with Crippen LogP contribution < -0.4 is 0 Å². The summed E-state index contributed by atoms with van der Waals surface area (Å²) in [5.74, 6) is 0. The molecule has 94 valence electrons. The summed E-state index contributed by atoms with van der Waals surface area (Å²) in [6.07, 6.45) is -3.48. The summed E-state index contributed by atoms with van der Waals surface area (Å²) in [4.78, 5) is 4.76. The average molecular weight is 269 g/mol. The van der Waals surface area contributed by atoms with Crippen LogP contribution in [-0.4, -0.2) is 4.98 Å². The summed E-state index contributed by atoms with van der Waals surface area (Å²) < 4.78 is 37.0. The van der Waals surface area contributed by atoms with Gasteiger partial charge < -0.3 is 0 Å². The number of pyridine rings is 1. The zero-order valence-electron chi connectivity index (χ0n) is 9.53. The molecular formula is C13H10F3NS. The number of rotatable bonds is 2. The lowest BCUT2D eigenvalue weighted by molar-refractivity contribution is -0.137. The smallest absolute Gasteiger partial charge is 0.249 e. The normalized spacial score (nSPS) is 11.6. The Morgan fingerprint density at radius 1 is 1.00 bits per heavy atom. The molecule has 1 nitrogen and oxygen atoms in total. The Morgan fingerprint density at radius 3 is 2.17 bits per heavy atom. The van der Waals surface area contributed by atoms with Crippen molar-refractivity contribution in [1.29, 1.82) is 0 Å². The molecule has 1 aromatic carbocycles. The summed E-state index contributed by atoms with van der Waals surface area (Å²) in [7, 11) is 0. The van der Waals surface area contributed by atoms with Gasteiger partial charge >= 0.3 is 6.18 Å². The molecule has 2 rings (SSSR count). The number of alkyl halides is 3. The Labute approximate surface area is 107 Å². The Hall–Kier alpha value is -1.49. The van der Waals surface area contributed by atoms with Gasteiger partial charge in [0.2, 0.25) is 0 Å². The molecule has 1 aromatic heterocycles. The minimum atomic E-state index is -4.33. The van der Waals surface area contributed by atoms with Crippen molar-refractivity contribution in [3.05, 3.63) is 53.7 Å². The van der Waals surface area contributed by atoms with E-state index < -0.39 is 11.7 Å². The van der Waals surface area contributed by atoms with Gasteiger partial charge in [-0.15, -0.1) is 0 Å². The molecule has 0 unspecified atom stereocenters. The van der Waals surface area contributed by atoms with Crippen LogP contribution in [0.5, 0.6) is 0 Å².